The van der Waals surface area contributed by atoms with E-state index in [4.69, 9.17) is 0 Å². The lowest BCUT2D eigenvalue weighted by Gasteiger charge is -2.23. The fourth-order valence-electron chi connectivity index (χ4n) is 2.04. The van der Waals surface area contributed by atoms with Crippen LogP contribution in [0, 0.1) is 0 Å². The zero-order chi connectivity index (χ0) is 13.7. The lowest BCUT2D eigenvalue weighted by molar-refractivity contribution is 0.199. The van der Waals surface area contributed by atoms with Gasteiger partial charge >= 0.3 is 0 Å². The molecule has 3 heteroatoms. The summed E-state index contributed by atoms with van der Waals surface area (Å²) in [6.45, 7) is 5.63. The predicted molar refractivity (Wildman–Crippen MR) is 78.0 cm³/mol. The summed E-state index contributed by atoms with van der Waals surface area (Å²) in [4.78, 5) is 6.61. The van der Waals surface area contributed by atoms with Crippen molar-refractivity contribution in [1.82, 2.24) is 4.98 Å². The molecule has 0 fully saturated rings. The summed E-state index contributed by atoms with van der Waals surface area (Å²) < 4.78 is 0. The first kappa shape index (κ1) is 13.6. The Kier molecular flexibility index (Phi) is 4.53. The van der Waals surface area contributed by atoms with Gasteiger partial charge in [-0.2, -0.15) is 0 Å². The lowest BCUT2D eigenvalue weighted by Crippen LogP contribution is -2.22. The third kappa shape index (κ3) is 3.55. The molecule has 0 unspecified atom stereocenters. The van der Waals surface area contributed by atoms with Crippen LogP contribution in [0.4, 0.5) is 5.69 Å². The molecule has 0 aliphatic heterocycles. The maximum absolute atomic E-state index is 9.52. The first-order valence-corrected chi connectivity index (χ1v) is 6.63. The van der Waals surface area contributed by atoms with Crippen LogP contribution in [0.3, 0.4) is 0 Å². The molecule has 1 atom stereocenters. The maximum atomic E-state index is 9.52. The van der Waals surface area contributed by atoms with Crippen LogP contribution in [-0.2, 0) is 6.54 Å². The Morgan fingerprint density at radius 2 is 1.89 bits per heavy atom. The maximum Gasteiger partial charge on any atom is 0.0761 e. The van der Waals surface area contributed by atoms with Crippen LogP contribution >= 0.6 is 0 Å². The summed E-state index contributed by atoms with van der Waals surface area (Å²) in [7, 11) is 0. The summed E-state index contributed by atoms with van der Waals surface area (Å²) in [6, 6.07) is 14.0. The van der Waals surface area contributed by atoms with E-state index in [0.717, 1.165) is 30.0 Å². The molecule has 1 heterocycles. The highest BCUT2D eigenvalue weighted by Crippen LogP contribution is 2.20. The fraction of sp³-hybridized carbons (Fsp3) is 0.312. The van der Waals surface area contributed by atoms with Gasteiger partial charge in [0.1, 0.15) is 0 Å². The van der Waals surface area contributed by atoms with Gasteiger partial charge in [0.15, 0.2) is 0 Å². The van der Waals surface area contributed by atoms with Crippen molar-refractivity contribution in [2.24, 2.45) is 0 Å². The number of pyridine rings is 1. The topological polar surface area (TPSA) is 36.4 Å². The molecule has 0 bridgehead atoms. The SMILES string of the molecule is CCN(Cc1ccccn1)c1ccc([C@@H](C)O)cc1. The molecule has 3 nitrogen and oxygen atoms in total. The summed E-state index contributed by atoms with van der Waals surface area (Å²) in [5.74, 6) is 0. The van der Waals surface area contributed by atoms with Crippen molar-refractivity contribution >= 4 is 5.69 Å². The number of rotatable bonds is 5. The molecule has 1 aromatic heterocycles. The molecule has 1 aromatic carbocycles. The smallest absolute Gasteiger partial charge is 0.0761 e. The van der Waals surface area contributed by atoms with Crippen LogP contribution in [0.15, 0.2) is 48.7 Å². The van der Waals surface area contributed by atoms with Gasteiger partial charge in [-0.15, -0.1) is 0 Å². The number of aromatic nitrogens is 1. The van der Waals surface area contributed by atoms with E-state index in [1.165, 1.54) is 0 Å². The number of hydrogen-bond donors (Lipinski definition) is 1. The van der Waals surface area contributed by atoms with Gasteiger partial charge in [-0.3, -0.25) is 4.98 Å². The summed E-state index contributed by atoms with van der Waals surface area (Å²) in [6.07, 6.45) is 1.40. The van der Waals surface area contributed by atoms with Crippen LogP contribution in [0.5, 0.6) is 0 Å². The minimum absolute atomic E-state index is 0.417. The Hall–Kier alpha value is -1.87. The molecule has 0 saturated carbocycles. The van der Waals surface area contributed by atoms with Gasteiger partial charge < -0.3 is 10.0 Å². The van der Waals surface area contributed by atoms with Gasteiger partial charge in [0, 0.05) is 18.4 Å². The van der Waals surface area contributed by atoms with E-state index in [-0.39, 0.29) is 0 Å². The first-order chi connectivity index (χ1) is 9.20. The Morgan fingerprint density at radius 1 is 1.16 bits per heavy atom. The largest absolute Gasteiger partial charge is 0.389 e. The van der Waals surface area contributed by atoms with E-state index in [9.17, 15) is 5.11 Å². The quantitative estimate of drug-likeness (QED) is 0.892. The van der Waals surface area contributed by atoms with Gasteiger partial charge in [-0.1, -0.05) is 18.2 Å². The summed E-state index contributed by atoms with van der Waals surface area (Å²) in [5.41, 5.74) is 3.15. The molecule has 2 rings (SSSR count). The molecule has 0 amide bonds. The van der Waals surface area contributed by atoms with Crippen molar-refractivity contribution in [2.75, 3.05) is 11.4 Å². The molecular weight excluding hydrogens is 236 g/mol. The molecule has 1 N–H and O–H groups in total. The molecule has 0 aliphatic rings. The Labute approximate surface area is 114 Å². The van der Waals surface area contributed by atoms with Crippen molar-refractivity contribution in [3.05, 3.63) is 59.9 Å². The number of aliphatic hydroxyl groups is 1. The fourth-order valence-corrected chi connectivity index (χ4v) is 2.04. The van der Waals surface area contributed by atoms with E-state index in [2.05, 4.69) is 28.9 Å². The lowest BCUT2D eigenvalue weighted by atomic mass is 10.1. The van der Waals surface area contributed by atoms with Gasteiger partial charge in [0.25, 0.3) is 0 Å². The monoisotopic (exact) mass is 256 g/mol. The highest BCUT2D eigenvalue weighted by molar-refractivity contribution is 5.48. The molecule has 2 aromatic rings. The molecule has 0 spiro atoms. The molecule has 0 radical (unpaired) electrons. The molecule has 0 aliphatic carbocycles. The second-order valence-electron chi connectivity index (χ2n) is 4.60. The van der Waals surface area contributed by atoms with Gasteiger partial charge in [0.05, 0.1) is 18.3 Å². The highest BCUT2D eigenvalue weighted by Gasteiger charge is 2.07. The van der Waals surface area contributed by atoms with Crippen LogP contribution < -0.4 is 4.90 Å². The molecule has 100 valence electrons. The Morgan fingerprint density at radius 3 is 2.42 bits per heavy atom. The predicted octanol–water partition coefficient (Wildman–Crippen LogP) is 3.16. The molecule has 19 heavy (non-hydrogen) atoms. The van der Waals surface area contributed by atoms with Crippen LogP contribution in [0.1, 0.15) is 31.2 Å². The number of hydrogen-bond acceptors (Lipinski definition) is 3. The Bertz CT molecular complexity index is 494. The van der Waals surface area contributed by atoms with Gasteiger partial charge in [-0.05, 0) is 43.7 Å². The van der Waals surface area contributed by atoms with Crippen molar-refractivity contribution in [1.29, 1.82) is 0 Å². The third-order valence-electron chi connectivity index (χ3n) is 3.20. The van der Waals surface area contributed by atoms with E-state index < -0.39 is 6.10 Å². The standard InChI is InChI=1S/C16H20N2O/c1-3-18(12-15-6-4-5-11-17-15)16-9-7-14(8-10-16)13(2)19/h4-11,13,19H,3,12H2,1-2H3/t13-/m1/s1. The minimum atomic E-state index is -0.417. The van der Waals surface area contributed by atoms with Crippen LogP contribution in [0.2, 0.25) is 0 Å². The third-order valence-corrected chi connectivity index (χ3v) is 3.20. The van der Waals surface area contributed by atoms with Crippen LogP contribution in [-0.4, -0.2) is 16.6 Å². The van der Waals surface area contributed by atoms with Crippen LogP contribution in [0.25, 0.3) is 0 Å². The van der Waals surface area contributed by atoms with Crippen molar-refractivity contribution < 1.29 is 5.11 Å². The minimum Gasteiger partial charge on any atom is -0.389 e. The van der Waals surface area contributed by atoms with Crippen molar-refractivity contribution in [2.45, 2.75) is 26.5 Å². The van der Waals surface area contributed by atoms with Crippen molar-refractivity contribution in [3.8, 4) is 0 Å². The zero-order valence-electron chi connectivity index (χ0n) is 11.5. The average Bonchev–Trinajstić information content (AvgIpc) is 2.46. The van der Waals surface area contributed by atoms with E-state index in [1.54, 1.807) is 6.92 Å². The Balaban J connectivity index is 2.13. The summed E-state index contributed by atoms with van der Waals surface area (Å²) in [5, 5.41) is 9.52. The molecular formula is C16H20N2O. The van der Waals surface area contributed by atoms with Gasteiger partial charge in [0.2, 0.25) is 0 Å². The number of nitrogens with zero attached hydrogens (tertiary/aromatic N) is 2. The second-order valence-corrected chi connectivity index (χ2v) is 4.60. The van der Waals surface area contributed by atoms with E-state index in [1.807, 2.05) is 36.5 Å². The average molecular weight is 256 g/mol. The highest BCUT2D eigenvalue weighted by atomic mass is 16.3. The van der Waals surface area contributed by atoms with E-state index >= 15 is 0 Å². The normalized spacial score (nSPS) is 12.2. The first-order valence-electron chi connectivity index (χ1n) is 6.63. The number of benzene rings is 1. The van der Waals surface area contributed by atoms with Crippen molar-refractivity contribution in [3.63, 3.8) is 0 Å². The second kappa shape index (κ2) is 6.34. The summed E-state index contributed by atoms with van der Waals surface area (Å²) >= 11 is 0. The molecule has 0 saturated heterocycles. The van der Waals surface area contributed by atoms with Gasteiger partial charge in [-0.25, -0.2) is 0 Å². The number of anilines is 1. The number of aliphatic hydroxyl groups excluding tert-OH is 1. The zero-order valence-corrected chi connectivity index (χ0v) is 11.5. The van der Waals surface area contributed by atoms with E-state index in [0.29, 0.717) is 0 Å².